The van der Waals surface area contributed by atoms with Crippen LogP contribution in [0.4, 0.5) is 0 Å². The zero-order valence-electron chi connectivity index (χ0n) is 39.6. The van der Waals surface area contributed by atoms with E-state index in [0.29, 0.717) is 18.8 Å². The van der Waals surface area contributed by atoms with Crippen molar-refractivity contribution in [2.45, 2.75) is 238 Å². The fourth-order valence-electron chi connectivity index (χ4n) is 8.36. The van der Waals surface area contributed by atoms with Crippen LogP contribution in [0.15, 0.2) is 36.0 Å². The average molecular weight is 853 g/mol. The molecule has 1 fully saturated rings. The molecule has 2 rings (SSSR count). The zero-order valence-corrected chi connectivity index (χ0v) is 42.6. The third-order valence-electron chi connectivity index (χ3n) is 14.3. The van der Waals surface area contributed by atoms with E-state index in [-0.39, 0.29) is 41.7 Å². The second kappa shape index (κ2) is 21.8. The molecule has 0 amide bonds. The van der Waals surface area contributed by atoms with Crippen molar-refractivity contribution >= 4 is 30.9 Å². The quantitative estimate of drug-likeness (QED) is 0.0410. The molecule has 0 aliphatic carbocycles. The van der Waals surface area contributed by atoms with Crippen LogP contribution >= 0.6 is 0 Å². The summed E-state index contributed by atoms with van der Waals surface area (Å²) < 4.78 is 33.8. The maximum absolute atomic E-state index is 13.7. The Morgan fingerprint density at radius 3 is 2.05 bits per heavy atom. The summed E-state index contributed by atoms with van der Waals surface area (Å²) in [7, 11) is -6.00. The molecule has 10 atom stereocenters. The van der Waals surface area contributed by atoms with Crippen molar-refractivity contribution in [1.82, 2.24) is 0 Å². The number of carbonyl (C=O) groups is 1. The van der Waals surface area contributed by atoms with Crippen LogP contribution in [0.2, 0.25) is 54.4 Å². The molecule has 1 saturated heterocycles. The number of allylic oxidation sites excluding steroid dienone is 2. The number of aliphatic hydroxyl groups excluding tert-OH is 1. The largest absolute Gasteiger partial charge is 0.457 e. The molecule has 2 aliphatic rings. The van der Waals surface area contributed by atoms with Crippen molar-refractivity contribution in [1.29, 1.82) is 0 Å². The van der Waals surface area contributed by atoms with E-state index >= 15 is 0 Å². The van der Waals surface area contributed by atoms with Gasteiger partial charge in [0.15, 0.2) is 25.0 Å². The van der Waals surface area contributed by atoms with E-state index < -0.39 is 54.5 Å². The molecule has 0 unspecified atom stereocenters. The lowest BCUT2D eigenvalue weighted by molar-refractivity contribution is -0.151. The second-order valence-corrected chi connectivity index (χ2v) is 33.8. The molecule has 8 nitrogen and oxygen atoms in total. The van der Waals surface area contributed by atoms with Crippen molar-refractivity contribution in [3.05, 3.63) is 36.0 Å². The smallest absolute Gasteiger partial charge is 0.308 e. The summed E-state index contributed by atoms with van der Waals surface area (Å²) in [6.07, 6.45) is 10.7. The van der Waals surface area contributed by atoms with Gasteiger partial charge < -0.3 is 33.0 Å². The molecule has 0 aromatic carbocycles. The summed E-state index contributed by atoms with van der Waals surface area (Å²) in [5, 5.41) is 22.3. The standard InChI is InChI=1S/C46H88O8Si3/c1-18-38(53-56(19-2,20-3)21-4)36(10)43-39(50-43)33-45(14,54-57(22-5,23-6)24-7)30-25-26-34(8)42-35(9)27-28-40(47)46(15,49)31-29-37(32-41(48)51-42)52-55(16,17)44(11,12)13/h25-28,30,35-40,42-43,47,49H,18-24,29,31-33H2,1-17H3/b28-27-,30-25+,34-26+/t35-,36+,37+,38-,39+,40-,42+,43+,45-,46+/m0/s1. The van der Waals surface area contributed by atoms with Crippen LogP contribution in [0, 0.1) is 11.8 Å². The normalized spacial score (nSPS) is 30.2. The minimum Gasteiger partial charge on any atom is -0.457 e. The van der Waals surface area contributed by atoms with Crippen molar-refractivity contribution in [2.24, 2.45) is 11.8 Å². The SMILES string of the molecule is CC[C@H](O[Si](CC)(CC)CC)[C@@H](C)[C@H]1O[C@@H]1C[C@](C)(/C=C/C=C(\C)[C@H]1OC(=O)C[C@H](O[Si](C)(C)C(C)(C)C)CC[C@@](C)(O)[C@@H](O)/C=C\[C@@H]1C)O[Si](CC)(CC)CC. The Labute approximate surface area is 353 Å². The van der Waals surface area contributed by atoms with Crippen LogP contribution in [0.3, 0.4) is 0 Å². The van der Waals surface area contributed by atoms with Crippen molar-refractivity contribution in [2.75, 3.05) is 0 Å². The van der Waals surface area contributed by atoms with Gasteiger partial charge in [0.05, 0.1) is 35.9 Å². The number of aliphatic hydroxyl groups is 2. The molecule has 0 spiro atoms. The maximum Gasteiger partial charge on any atom is 0.308 e. The molecule has 0 radical (unpaired) electrons. The number of rotatable bonds is 20. The van der Waals surface area contributed by atoms with Gasteiger partial charge in [-0.15, -0.1) is 0 Å². The number of hydrogen-bond acceptors (Lipinski definition) is 8. The van der Waals surface area contributed by atoms with Gasteiger partial charge in [-0.1, -0.05) is 113 Å². The zero-order chi connectivity index (χ0) is 43.6. The molecule has 11 heteroatoms. The van der Waals surface area contributed by atoms with Gasteiger partial charge in [0.25, 0.3) is 0 Å². The summed E-state index contributed by atoms with van der Waals surface area (Å²) in [4.78, 5) is 13.7. The predicted molar refractivity (Wildman–Crippen MR) is 245 cm³/mol. The molecule has 0 aromatic heterocycles. The Bertz CT molecular complexity index is 1310. The number of carbonyl (C=O) groups excluding carboxylic acids is 1. The Morgan fingerprint density at radius 1 is 0.982 bits per heavy atom. The highest BCUT2D eigenvalue weighted by molar-refractivity contribution is 6.74. The van der Waals surface area contributed by atoms with E-state index in [0.717, 1.165) is 54.7 Å². The second-order valence-electron chi connectivity index (χ2n) is 19.6. The average Bonchev–Trinajstić information content (AvgIpc) is 3.91. The Balaban J connectivity index is 2.45. The lowest BCUT2D eigenvalue weighted by atomic mass is 9.89. The Hall–Kier alpha value is -0.899. The molecule has 57 heavy (non-hydrogen) atoms. The highest BCUT2D eigenvalue weighted by Gasteiger charge is 2.51. The summed E-state index contributed by atoms with van der Waals surface area (Å²) >= 11 is 0. The molecular formula is C46H88O8Si3. The van der Waals surface area contributed by atoms with Gasteiger partial charge in [0.2, 0.25) is 0 Å². The minimum atomic E-state index is -2.24. The molecule has 0 saturated carbocycles. The van der Waals surface area contributed by atoms with Crippen molar-refractivity contribution in [3.63, 3.8) is 0 Å². The number of esters is 1. The van der Waals surface area contributed by atoms with E-state index in [1.165, 1.54) is 0 Å². The molecular weight excluding hydrogens is 765 g/mol. The predicted octanol–water partition coefficient (Wildman–Crippen LogP) is 11.7. The van der Waals surface area contributed by atoms with Crippen LogP contribution in [0.5, 0.6) is 0 Å². The van der Waals surface area contributed by atoms with Crippen molar-refractivity contribution in [3.8, 4) is 0 Å². The molecule has 2 N–H and O–H groups in total. The van der Waals surface area contributed by atoms with Crippen LogP contribution in [-0.4, -0.2) is 89.0 Å². The van der Waals surface area contributed by atoms with E-state index in [9.17, 15) is 15.0 Å². The van der Waals surface area contributed by atoms with E-state index in [1.807, 2.05) is 26.0 Å². The molecule has 332 valence electrons. The van der Waals surface area contributed by atoms with E-state index in [1.54, 1.807) is 13.0 Å². The third-order valence-corrected chi connectivity index (χ3v) is 28.3. The molecule has 2 aliphatic heterocycles. The van der Waals surface area contributed by atoms with Crippen LogP contribution in [0.1, 0.15) is 136 Å². The van der Waals surface area contributed by atoms with Gasteiger partial charge in [-0.3, -0.25) is 4.79 Å². The molecule has 0 bridgehead atoms. The first-order valence-electron chi connectivity index (χ1n) is 22.7. The summed E-state index contributed by atoms with van der Waals surface area (Å²) in [5.74, 6) is -0.273. The monoisotopic (exact) mass is 853 g/mol. The van der Waals surface area contributed by atoms with Crippen LogP contribution < -0.4 is 0 Å². The first-order chi connectivity index (χ1) is 26.4. The number of epoxide rings is 1. The topological polar surface area (TPSA) is 107 Å². The first kappa shape index (κ1) is 52.2. The highest BCUT2D eigenvalue weighted by atomic mass is 28.4. The van der Waals surface area contributed by atoms with Gasteiger partial charge in [-0.05, 0) is 100 Å². The number of hydrogen-bond donors (Lipinski definition) is 2. The first-order valence-corrected chi connectivity index (χ1v) is 30.7. The van der Waals surface area contributed by atoms with Crippen LogP contribution in [-0.2, 0) is 27.5 Å². The summed E-state index contributed by atoms with van der Waals surface area (Å²) in [5.41, 5.74) is -1.02. The summed E-state index contributed by atoms with van der Waals surface area (Å²) in [6.45, 7) is 37.0. The van der Waals surface area contributed by atoms with Crippen molar-refractivity contribution < 1.29 is 37.8 Å². The van der Waals surface area contributed by atoms with E-state index in [2.05, 4.69) is 108 Å². The minimum absolute atomic E-state index is 0.0522. The van der Waals surface area contributed by atoms with Gasteiger partial charge in [0.1, 0.15) is 12.2 Å². The molecule has 2 heterocycles. The van der Waals surface area contributed by atoms with Gasteiger partial charge in [-0.2, -0.15) is 0 Å². The Kier molecular flexibility index (Phi) is 19.9. The lowest BCUT2D eigenvalue weighted by Gasteiger charge is -2.40. The third kappa shape index (κ3) is 14.6. The van der Waals surface area contributed by atoms with Gasteiger partial charge >= 0.3 is 5.97 Å². The highest BCUT2D eigenvalue weighted by Crippen LogP contribution is 2.43. The van der Waals surface area contributed by atoms with Gasteiger partial charge in [-0.25, -0.2) is 0 Å². The maximum atomic E-state index is 13.7. The molecule has 0 aromatic rings. The number of ether oxygens (including phenoxy) is 2. The number of cyclic esters (lactones) is 1. The lowest BCUT2D eigenvalue weighted by Crippen LogP contribution is -2.46. The fraction of sp³-hybridized carbons (Fsp3) is 0.848. The fourth-order valence-corrected chi connectivity index (χ4v) is 15.8. The van der Waals surface area contributed by atoms with E-state index in [4.69, 9.17) is 22.8 Å². The van der Waals surface area contributed by atoms with Crippen LogP contribution in [0.25, 0.3) is 0 Å². The summed E-state index contributed by atoms with van der Waals surface area (Å²) in [6, 6.07) is 6.58. The van der Waals surface area contributed by atoms with Gasteiger partial charge in [0, 0.05) is 24.4 Å². The Morgan fingerprint density at radius 2 is 1.54 bits per heavy atom.